The van der Waals surface area contributed by atoms with Gasteiger partial charge < -0.3 is 15.6 Å². The summed E-state index contributed by atoms with van der Waals surface area (Å²) in [4.78, 5) is 16.4. The number of fused-ring (bicyclic) bond motifs is 1. The molecular formula is C13H22N4O. The third kappa shape index (κ3) is 2.03. The van der Waals surface area contributed by atoms with E-state index in [1.165, 1.54) is 5.69 Å². The van der Waals surface area contributed by atoms with Crippen LogP contribution in [-0.4, -0.2) is 22.0 Å². The molecule has 0 radical (unpaired) electrons. The molecule has 1 aromatic heterocycles. The normalized spacial score (nSPS) is 15.5. The Kier molecular flexibility index (Phi) is 3.43. The van der Waals surface area contributed by atoms with Crippen molar-refractivity contribution in [3.05, 3.63) is 17.2 Å². The average Bonchev–Trinajstić information content (AvgIpc) is 2.67. The van der Waals surface area contributed by atoms with Crippen molar-refractivity contribution in [1.82, 2.24) is 14.9 Å². The highest BCUT2D eigenvalue weighted by molar-refractivity contribution is 5.82. The topological polar surface area (TPSA) is 72.9 Å². The minimum atomic E-state index is -0.706. The molecule has 1 aliphatic heterocycles. The van der Waals surface area contributed by atoms with Crippen molar-refractivity contribution in [2.75, 3.05) is 6.54 Å². The molecule has 0 unspecified atom stereocenters. The maximum absolute atomic E-state index is 11.7. The summed E-state index contributed by atoms with van der Waals surface area (Å²) < 4.78 is 2.06. The predicted molar refractivity (Wildman–Crippen MR) is 70.1 cm³/mol. The number of rotatable bonds is 4. The zero-order valence-corrected chi connectivity index (χ0v) is 11.4. The molecule has 0 saturated carbocycles. The number of imidazole rings is 1. The number of carbonyl (C=O) groups excluding carboxylic acids is 1. The fourth-order valence-corrected chi connectivity index (χ4v) is 2.53. The summed E-state index contributed by atoms with van der Waals surface area (Å²) in [7, 11) is 0. The standard InChI is InChI=1S/C13H22N4O/c1-4-5-11-16-9-8-15-7-6-10(9)17(11)13(2,3)12(14)18/h15H,4-8H2,1-3H3,(H2,14,18). The largest absolute Gasteiger partial charge is 0.368 e. The molecule has 0 spiro atoms. The SMILES string of the molecule is CCCc1nc2c(n1C(C)(C)C(N)=O)CCNC2. The number of nitrogens with two attached hydrogens (primary N) is 1. The molecule has 0 saturated heterocycles. The minimum Gasteiger partial charge on any atom is -0.368 e. The number of carbonyl (C=O) groups is 1. The summed E-state index contributed by atoms with van der Waals surface area (Å²) in [5.74, 6) is 0.675. The van der Waals surface area contributed by atoms with Crippen molar-refractivity contribution >= 4 is 5.91 Å². The van der Waals surface area contributed by atoms with Crippen LogP contribution in [-0.2, 0) is 29.7 Å². The van der Waals surface area contributed by atoms with Crippen molar-refractivity contribution < 1.29 is 4.79 Å². The number of primary amides is 1. The Bertz CT molecular complexity index is 462. The summed E-state index contributed by atoms with van der Waals surface area (Å²) >= 11 is 0. The monoisotopic (exact) mass is 250 g/mol. The van der Waals surface area contributed by atoms with Gasteiger partial charge in [0.15, 0.2) is 0 Å². The Balaban J connectivity index is 2.55. The summed E-state index contributed by atoms with van der Waals surface area (Å²) in [6.45, 7) is 7.58. The molecule has 0 aromatic carbocycles. The number of nitrogens with one attached hydrogen (secondary N) is 1. The van der Waals surface area contributed by atoms with E-state index < -0.39 is 5.54 Å². The number of nitrogens with zero attached hydrogens (tertiary/aromatic N) is 2. The first-order valence-corrected chi connectivity index (χ1v) is 6.59. The lowest BCUT2D eigenvalue weighted by molar-refractivity contribution is -0.125. The molecule has 5 nitrogen and oxygen atoms in total. The molecule has 5 heteroatoms. The molecule has 0 bridgehead atoms. The van der Waals surface area contributed by atoms with E-state index in [2.05, 4.69) is 21.8 Å². The van der Waals surface area contributed by atoms with Crippen LogP contribution < -0.4 is 11.1 Å². The van der Waals surface area contributed by atoms with Gasteiger partial charge in [0, 0.05) is 31.6 Å². The fraction of sp³-hybridized carbons (Fsp3) is 0.692. The summed E-state index contributed by atoms with van der Waals surface area (Å²) in [5, 5.41) is 3.31. The van der Waals surface area contributed by atoms with Crippen LogP contribution in [0.25, 0.3) is 0 Å². The van der Waals surface area contributed by atoms with Crippen molar-refractivity contribution in [3.63, 3.8) is 0 Å². The highest BCUT2D eigenvalue weighted by Gasteiger charge is 2.33. The van der Waals surface area contributed by atoms with Crippen LogP contribution in [0.1, 0.15) is 44.4 Å². The van der Waals surface area contributed by atoms with Crippen molar-refractivity contribution in [2.45, 2.75) is 52.1 Å². The molecule has 3 N–H and O–H groups in total. The number of amides is 1. The van der Waals surface area contributed by atoms with Crippen LogP contribution in [0.5, 0.6) is 0 Å². The third-order valence-electron chi connectivity index (χ3n) is 3.59. The number of hydrogen-bond acceptors (Lipinski definition) is 3. The van der Waals surface area contributed by atoms with Crippen LogP contribution >= 0.6 is 0 Å². The van der Waals surface area contributed by atoms with Gasteiger partial charge >= 0.3 is 0 Å². The van der Waals surface area contributed by atoms with Gasteiger partial charge in [-0.2, -0.15) is 0 Å². The molecule has 18 heavy (non-hydrogen) atoms. The number of aromatic nitrogens is 2. The minimum absolute atomic E-state index is 0.307. The number of aryl methyl sites for hydroxylation is 1. The van der Waals surface area contributed by atoms with Crippen LogP contribution in [0.15, 0.2) is 0 Å². The molecule has 100 valence electrons. The highest BCUT2D eigenvalue weighted by atomic mass is 16.1. The summed E-state index contributed by atoms with van der Waals surface area (Å²) in [5.41, 5.74) is 7.09. The Hall–Kier alpha value is -1.36. The maximum Gasteiger partial charge on any atom is 0.243 e. The van der Waals surface area contributed by atoms with E-state index in [9.17, 15) is 4.79 Å². The van der Waals surface area contributed by atoms with Gasteiger partial charge in [-0.25, -0.2) is 4.98 Å². The van der Waals surface area contributed by atoms with Gasteiger partial charge in [0.05, 0.1) is 5.69 Å². The van der Waals surface area contributed by atoms with Gasteiger partial charge in [0.25, 0.3) is 0 Å². The Morgan fingerprint density at radius 1 is 1.56 bits per heavy atom. The van der Waals surface area contributed by atoms with E-state index in [0.717, 1.165) is 43.9 Å². The molecule has 1 aliphatic rings. The van der Waals surface area contributed by atoms with Gasteiger partial charge in [-0.15, -0.1) is 0 Å². The molecular weight excluding hydrogens is 228 g/mol. The second kappa shape index (κ2) is 4.72. The first kappa shape index (κ1) is 13.1. The van der Waals surface area contributed by atoms with Gasteiger partial charge in [0.1, 0.15) is 11.4 Å². The van der Waals surface area contributed by atoms with Crippen LogP contribution in [0.3, 0.4) is 0 Å². The van der Waals surface area contributed by atoms with Crippen molar-refractivity contribution in [1.29, 1.82) is 0 Å². The smallest absolute Gasteiger partial charge is 0.243 e. The van der Waals surface area contributed by atoms with E-state index in [0.29, 0.717) is 0 Å². The second-order valence-electron chi connectivity index (χ2n) is 5.36. The quantitative estimate of drug-likeness (QED) is 0.826. The third-order valence-corrected chi connectivity index (χ3v) is 3.59. The van der Waals surface area contributed by atoms with Gasteiger partial charge in [-0.1, -0.05) is 6.92 Å². The second-order valence-corrected chi connectivity index (χ2v) is 5.36. The predicted octanol–water partition coefficient (Wildman–Crippen LogP) is 0.702. The van der Waals surface area contributed by atoms with Crippen LogP contribution in [0, 0.1) is 0 Å². The summed E-state index contributed by atoms with van der Waals surface area (Å²) in [6, 6.07) is 0. The zero-order valence-electron chi connectivity index (χ0n) is 11.4. The average molecular weight is 250 g/mol. The maximum atomic E-state index is 11.7. The molecule has 0 aliphatic carbocycles. The zero-order chi connectivity index (χ0) is 13.3. The fourth-order valence-electron chi connectivity index (χ4n) is 2.53. The Morgan fingerprint density at radius 2 is 2.28 bits per heavy atom. The van der Waals surface area contributed by atoms with Gasteiger partial charge in [0.2, 0.25) is 5.91 Å². The molecule has 0 atom stereocenters. The summed E-state index contributed by atoms with van der Waals surface area (Å²) in [6.07, 6.45) is 2.80. The van der Waals surface area contributed by atoms with Crippen LogP contribution in [0.4, 0.5) is 0 Å². The van der Waals surface area contributed by atoms with Crippen LogP contribution in [0.2, 0.25) is 0 Å². The van der Waals surface area contributed by atoms with E-state index >= 15 is 0 Å². The van der Waals surface area contributed by atoms with E-state index in [-0.39, 0.29) is 5.91 Å². The van der Waals surface area contributed by atoms with E-state index in [1.807, 2.05) is 13.8 Å². The molecule has 1 aromatic rings. The Morgan fingerprint density at radius 3 is 2.89 bits per heavy atom. The molecule has 0 fully saturated rings. The van der Waals surface area contributed by atoms with E-state index in [4.69, 9.17) is 5.73 Å². The molecule has 2 rings (SSSR count). The first-order valence-electron chi connectivity index (χ1n) is 6.59. The Labute approximate surface area is 108 Å². The van der Waals surface area contributed by atoms with Crippen molar-refractivity contribution in [2.24, 2.45) is 5.73 Å². The van der Waals surface area contributed by atoms with Gasteiger partial charge in [-0.3, -0.25) is 4.79 Å². The van der Waals surface area contributed by atoms with Crippen molar-refractivity contribution in [3.8, 4) is 0 Å². The lowest BCUT2D eigenvalue weighted by Gasteiger charge is -2.28. The number of hydrogen-bond donors (Lipinski definition) is 2. The first-order chi connectivity index (χ1) is 8.48. The lowest BCUT2D eigenvalue weighted by atomic mass is 10.0. The lowest BCUT2D eigenvalue weighted by Crippen LogP contribution is -2.43. The van der Waals surface area contributed by atoms with E-state index in [1.54, 1.807) is 0 Å². The molecule has 2 heterocycles. The van der Waals surface area contributed by atoms with Gasteiger partial charge in [-0.05, 0) is 20.3 Å². The molecule has 1 amide bonds. The highest BCUT2D eigenvalue weighted by Crippen LogP contribution is 2.26.